The van der Waals surface area contributed by atoms with Crippen molar-refractivity contribution in [1.29, 1.82) is 0 Å². The van der Waals surface area contributed by atoms with Crippen LogP contribution >= 0.6 is 0 Å². The molecular formula is C11H15NO3. The predicted octanol–water partition coefficient (Wildman–Crippen LogP) is 0.961. The first-order chi connectivity index (χ1) is 7.11. The van der Waals surface area contributed by atoms with Crippen LogP contribution in [0.25, 0.3) is 0 Å². The van der Waals surface area contributed by atoms with E-state index in [9.17, 15) is 4.79 Å². The third kappa shape index (κ3) is 1.77. The van der Waals surface area contributed by atoms with Crippen molar-refractivity contribution in [2.75, 3.05) is 19.7 Å². The van der Waals surface area contributed by atoms with E-state index in [4.69, 9.17) is 9.52 Å². The lowest BCUT2D eigenvalue weighted by molar-refractivity contribution is 0.0360. The number of hydrogen-bond acceptors (Lipinski definition) is 3. The summed E-state index contributed by atoms with van der Waals surface area (Å²) < 4.78 is 5.31. The van der Waals surface area contributed by atoms with Crippen molar-refractivity contribution in [3.8, 4) is 0 Å². The van der Waals surface area contributed by atoms with Gasteiger partial charge in [-0.3, -0.25) is 4.79 Å². The number of carbonyl (C=O) groups is 1. The maximum absolute atomic E-state index is 11.9. The quantitative estimate of drug-likeness (QED) is 0.789. The number of hydrogen-bond donors (Lipinski definition) is 1. The van der Waals surface area contributed by atoms with Crippen LogP contribution in [0, 0.1) is 19.8 Å². The summed E-state index contributed by atoms with van der Waals surface area (Å²) in [6.45, 7) is 5.09. The fourth-order valence-electron chi connectivity index (χ4n) is 1.86. The highest BCUT2D eigenvalue weighted by atomic mass is 16.3. The minimum absolute atomic E-state index is 0.00838. The third-order valence-corrected chi connectivity index (χ3v) is 2.77. The van der Waals surface area contributed by atoms with Gasteiger partial charge in [0, 0.05) is 25.6 Å². The van der Waals surface area contributed by atoms with Crippen LogP contribution < -0.4 is 0 Å². The molecule has 1 aliphatic heterocycles. The van der Waals surface area contributed by atoms with Crippen molar-refractivity contribution in [3.05, 3.63) is 23.2 Å². The summed E-state index contributed by atoms with van der Waals surface area (Å²) in [5.74, 6) is 1.69. The van der Waals surface area contributed by atoms with E-state index < -0.39 is 0 Å². The number of likely N-dealkylation sites (tertiary alicyclic amines) is 1. The molecule has 0 unspecified atom stereocenters. The average Bonchev–Trinajstić information content (AvgIpc) is 2.43. The fourth-order valence-corrected chi connectivity index (χ4v) is 1.86. The Kier molecular flexibility index (Phi) is 2.52. The second-order valence-corrected chi connectivity index (χ2v) is 4.09. The van der Waals surface area contributed by atoms with Crippen LogP contribution in [0.1, 0.15) is 21.9 Å². The summed E-state index contributed by atoms with van der Waals surface area (Å²) in [6.07, 6.45) is 0. The van der Waals surface area contributed by atoms with Gasteiger partial charge in [0.2, 0.25) is 0 Å². The molecule has 82 valence electrons. The largest absolute Gasteiger partial charge is 0.466 e. The van der Waals surface area contributed by atoms with Crippen molar-refractivity contribution in [2.45, 2.75) is 13.8 Å². The normalized spacial score (nSPS) is 16.6. The van der Waals surface area contributed by atoms with Crippen LogP contribution in [-0.4, -0.2) is 35.6 Å². The molecule has 15 heavy (non-hydrogen) atoms. The second-order valence-electron chi connectivity index (χ2n) is 4.09. The molecule has 0 aliphatic carbocycles. The lowest BCUT2D eigenvalue weighted by atomic mass is 10.00. The van der Waals surface area contributed by atoms with Crippen molar-refractivity contribution in [2.24, 2.45) is 5.92 Å². The molecule has 0 saturated carbocycles. The molecule has 4 heteroatoms. The molecule has 2 heterocycles. The zero-order valence-corrected chi connectivity index (χ0v) is 8.99. The first kappa shape index (κ1) is 10.2. The van der Waals surface area contributed by atoms with E-state index in [1.807, 2.05) is 6.92 Å². The summed E-state index contributed by atoms with van der Waals surface area (Å²) >= 11 is 0. The van der Waals surface area contributed by atoms with E-state index >= 15 is 0 Å². The number of furan rings is 1. The molecule has 1 saturated heterocycles. The molecule has 1 fully saturated rings. The van der Waals surface area contributed by atoms with E-state index in [2.05, 4.69) is 0 Å². The Morgan fingerprint density at radius 3 is 2.73 bits per heavy atom. The molecule has 1 aromatic rings. The maximum Gasteiger partial charge on any atom is 0.257 e. The smallest absolute Gasteiger partial charge is 0.257 e. The number of aryl methyl sites for hydroxylation is 2. The molecule has 4 nitrogen and oxygen atoms in total. The molecule has 0 atom stereocenters. The van der Waals surface area contributed by atoms with Gasteiger partial charge in [0.15, 0.2) is 0 Å². The van der Waals surface area contributed by atoms with Crippen molar-refractivity contribution in [1.82, 2.24) is 4.90 Å². The monoisotopic (exact) mass is 209 g/mol. The summed E-state index contributed by atoms with van der Waals surface area (Å²) in [4.78, 5) is 13.6. The Morgan fingerprint density at radius 1 is 1.60 bits per heavy atom. The van der Waals surface area contributed by atoms with Gasteiger partial charge in [0.1, 0.15) is 11.5 Å². The standard InChI is InChI=1S/C11H15NO3/c1-7-3-10(8(2)15-7)11(14)12-4-9(5-12)6-13/h3,9,13H,4-6H2,1-2H3. The topological polar surface area (TPSA) is 53.7 Å². The molecular weight excluding hydrogens is 194 g/mol. The van der Waals surface area contributed by atoms with Crippen molar-refractivity contribution >= 4 is 5.91 Å². The summed E-state index contributed by atoms with van der Waals surface area (Å²) in [5, 5.41) is 8.86. The number of rotatable bonds is 2. The van der Waals surface area contributed by atoms with Crippen LogP contribution in [0.3, 0.4) is 0 Å². The van der Waals surface area contributed by atoms with E-state index in [0.29, 0.717) is 24.4 Å². The van der Waals surface area contributed by atoms with E-state index in [-0.39, 0.29) is 18.4 Å². The number of carbonyl (C=O) groups excluding carboxylic acids is 1. The lowest BCUT2D eigenvalue weighted by Crippen LogP contribution is -2.51. The summed E-state index contributed by atoms with van der Waals surface area (Å²) in [5.41, 5.74) is 0.642. The zero-order chi connectivity index (χ0) is 11.0. The molecule has 0 aromatic carbocycles. The minimum atomic E-state index is 0.00838. The summed E-state index contributed by atoms with van der Waals surface area (Å²) in [6, 6.07) is 1.77. The first-order valence-corrected chi connectivity index (χ1v) is 5.09. The molecule has 2 rings (SSSR count). The van der Waals surface area contributed by atoms with Gasteiger partial charge in [-0.15, -0.1) is 0 Å². The third-order valence-electron chi connectivity index (χ3n) is 2.77. The fraction of sp³-hybridized carbons (Fsp3) is 0.545. The molecule has 0 spiro atoms. The minimum Gasteiger partial charge on any atom is -0.466 e. The first-order valence-electron chi connectivity index (χ1n) is 5.09. The highest BCUT2D eigenvalue weighted by Gasteiger charge is 2.31. The van der Waals surface area contributed by atoms with Gasteiger partial charge in [-0.25, -0.2) is 0 Å². The number of aliphatic hydroxyl groups excluding tert-OH is 1. The van der Waals surface area contributed by atoms with Crippen LogP contribution in [0.4, 0.5) is 0 Å². The molecule has 1 aliphatic rings. The van der Waals surface area contributed by atoms with Gasteiger partial charge >= 0.3 is 0 Å². The van der Waals surface area contributed by atoms with Crippen molar-refractivity contribution < 1.29 is 14.3 Å². The second kappa shape index (κ2) is 3.70. The van der Waals surface area contributed by atoms with Gasteiger partial charge in [-0.2, -0.15) is 0 Å². The Labute approximate surface area is 88.5 Å². The summed E-state index contributed by atoms with van der Waals surface area (Å²) in [7, 11) is 0. The Bertz CT molecular complexity index is 377. The molecule has 1 amide bonds. The van der Waals surface area contributed by atoms with Crippen LogP contribution in [0.15, 0.2) is 10.5 Å². The van der Waals surface area contributed by atoms with Crippen LogP contribution in [0.2, 0.25) is 0 Å². The lowest BCUT2D eigenvalue weighted by Gasteiger charge is -2.38. The Hall–Kier alpha value is -1.29. The van der Waals surface area contributed by atoms with Crippen LogP contribution in [-0.2, 0) is 0 Å². The zero-order valence-electron chi connectivity index (χ0n) is 8.99. The van der Waals surface area contributed by atoms with Gasteiger partial charge < -0.3 is 14.4 Å². The van der Waals surface area contributed by atoms with Gasteiger partial charge in [-0.05, 0) is 19.9 Å². The predicted molar refractivity (Wildman–Crippen MR) is 54.7 cm³/mol. The highest BCUT2D eigenvalue weighted by Crippen LogP contribution is 2.21. The number of nitrogens with zero attached hydrogens (tertiary/aromatic N) is 1. The molecule has 1 N–H and O–H groups in total. The number of aliphatic hydroxyl groups is 1. The van der Waals surface area contributed by atoms with E-state index in [1.54, 1.807) is 17.9 Å². The maximum atomic E-state index is 11.9. The Morgan fingerprint density at radius 2 is 2.27 bits per heavy atom. The highest BCUT2D eigenvalue weighted by molar-refractivity contribution is 5.95. The van der Waals surface area contributed by atoms with E-state index in [0.717, 1.165) is 5.76 Å². The van der Waals surface area contributed by atoms with Gasteiger partial charge in [-0.1, -0.05) is 0 Å². The SMILES string of the molecule is Cc1cc(C(=O)N2CC(CO)C2)c(C)o1. The average molecular weight is 209 g/mol. The van der Waals surface area contributed by atoms with Crippen molar-refractivity contribution in [3.63, 3.8) is 0 Å². The van der Waals surface area contributed by atoms with Gasteiger partial charge in [0.05, 0.1) is 5.56 Å². The van der Waals surface area contributed by atoms with E-state index in [1.165, 1.54) is 0 Å². The van der Waals surface area contributed by atoms with Gasteiger partial charge in [0.25, 0.3) is 5.91 Å². The molecule has 1 aromatic heterocycles. The molecule has 0 bridgehead atoms. The van der Waals surface area contributed by atoms with Crippen LogP contribution in [0.5, 0.6) is 0 Å². The molecule has 0 radical (unpaired) electrons. The number of amides is 1. The Balaban J connectivity index is 2.06.